The molecule has 148 valence electrons. The zero-order valence-corrected chi connectivity index (χ0v) is 17.0. The number of benzene rings is 1. The van der Waals surface area contributed by atoms with Crippen molar-refractivity contribution in [1.82, 2.24) is 15.1 Å². The molecule has 1 aromatic rings. The van der Waals surface area contributed by atoms with Gasteiger partial charge in [0.1, 0.15) is 0 Å². The number of hydrogen-bond acceptors (Lipinski definition) is 2. The largest absolute Gasteiger partial charge is 0.337 e. The van der Waals surface area contributed by atoms with Gasteiger partial charge in [0, 0.05) is 38.3 Å². The predicted octanol–water partition coefficient (Wildman–Crippen LogP) is 3.47. The molecule has 3 amide bonds. The number of carbonyl (C=O) groups is 2. The van der Waals surface area contributed by atoms with Gasteiger partial charge in [-0.25, -0.2) is 4.79 Å². The van der Waals surface area contributed by atoms with E-state index in [1.54, 1.807) is 0 Å². The number of urea groups is 1. The van der Waals surface area contributed by atoms with Gasteiger partial charge in [0.2, 0.25) is 0 Å². The molecular formula is C22H33N3O2. The van der Waals surface area contributed by atoms with Gasteiger partial charge >= 0.3 is 6.03 Å². The van der Waals surface area contributed by atoms with Gasteiger partial charge in [-0.1, -0.05) is 26.8 Å². The normalized spacial score (nSPS) is 17.9. The van der Waals surface area contributed by atoms with Crippen LogP contribution < -0.4 is 5.32 Å². The molecule has 1 aromatic carbocycles. The molecule has 1 aliphatic carbocycles. The molecule has 0 unspecified atom stereocenters. The maximum absolute atomic E-state index is 13.0. The molecular weight excluding hydrogens is 338 g/mol. The summed E-state index contributed by atoms with van der Waals surface area (Å²) < 4.78 is 0. The lowest BCUT2D eigenvalue weighted by atomic mass is 9.90. The molecule has 1 N–H and O–H groups in total. The topological polar surface area (TPSA) is 52.7 Å². The fourth-order valence-corrected chi connectivity index (χ4v) is 3.83. The van der Waals surface area contributed by atoms with Crippen molar-refractivity contribution in [3.63, 3.8) is 0 Å². The highest BCUT2D eigenvalue weighted by molar-refractivity contribution is 5.94. The fourth-order valence-electron chi connectivity index (χ4n) is 3.83. The minimum absolute atomic E-state index is 0.0204. The number of fused-ring (bicyclic) bond motifs is 1. The summed E-state index contributed by atoms with van der Waals surface area (Å²) in [6, 6.07) is 6.18. The first-order valence-electron chi connectivity index (χ1n) is 10.3. The Balaban J connectivity index is 1.59. The molecule has 0 radical (unpaired) electrons. The molecule has 0 spiro atoms. The molecule has 0 saturated carbocycles. The van der Waals surface area contributed by atoms with E-state index in [-0.39, 0.29) is 17.4 Å². The summed E-state index contributed by atoms with van der Waals surface area (Å²) in [6.45, 7) is 9.56. The summed E-state index contributed by atoms with van der Waals surface area (Å²) in [7, 11) is 0. The van der Waals surface area contributed by atoms with Crippen LogP contribution in [0.3, 0.4) is 0 Å². The van der Waals surface area contributed by atoms with Crippen molar-refractivity contribution in [3.8, 4) is 0 Å². The third-order valence-electron chi connectivity index (χ3n) is 5.44. The molecule has 2 aliphatic rings. The smallest absolute Gasteiger partial charge is 0.317 e. The predicted molar refractivity (Wildman–Crippen MR) is 108 cm³/mol. The zero-order chi connectivity index (χ0) is 19.4. The highest BCUT2D eigenvalue weighted by Crippen LogP contribution is 2.23. The molecule has 0 atom stereocenters. The van der Waals surface area contributed by atoms with E-state index in [1.807, 2.05) is 15.9 Å². The Morgan fingerprint density at radius 1 is 0.926 bits per heavy atom. The van der Waals surface area contributed by atoms with Gasteiger partial charge in [-0.15, -0.1) is 0 Å². The summed E-state index contributed by atoms with van der Waals surface area (Å²) in [5, 5.41) is 3.01. The van der Waals surface area contributed by atoms with Crippen LogP contribution in [0.15, 0.2) is 18.2 Å². The first kappa shape index (κ1) is 19.7. The van der Waals surface area contributed by atoms with Crippen LogP contribution in [-0.2, 0) is 12.8 Å². The third-order valence-corrected chi connectivity index (χ3v) is 5.44. The van der Waals surface area contributed by atoms with Gasteiger partial charge in [0.15, 0.2) is 0 Å². The van der Waals surface area contributed by atoms with E-state index in [1.165, 1.54) is 24.0 Å². The number of rotatable bonds is 2. The molecule has 1 fully saturated rings. The van der Waals surface area contributed by atoms with Crippen LogP contribution in [0.5, 0.6) is 0 Å². The van der Waals surface area contributed by atoms with E-state index >= 15 is 0 Å². The first-order valence-corrected chi connectivity index (χ1v) is 10.3. The van der Waals surface area contributed by atoms with E-state index in [4.69, 9.17) is 0 Å². The summed E-state index contributed by atoms with van der Waals surface area (Å²) in [4.78, 5) is 29.1. The SMILES string of the molecule is CC(C)(C)CNC(=O)N1CCCN(C(=O)c2ccc3c(c2)CCCC3)CC1. The van der Waals surface area contributed by atoms with Gasteiger partial charge in [0.05, 0.1) is 0 Å². The van der Waals surface area contributed by atoms with Crippen LogP contribution in [0, 0.1) is 5.41 Å². The quantitative estimate of drug-likeness (QED) is 0.865. The van der Waals surface area contributed by atoms with E-state index in [0.29, 0.717) is 32.7 Å². The van der Waals surface area contributed by atoms with Crippen LogP contribution in [0.25, 0.3) is 0 Å². The van der Waals surface area contributed by atoms with Crippen LogP contribution in [-0.4, -0.2) is 54.5 Å². The van der Waals surface area contributed by atoms with Crippen molar-refractivity contribution < 1.29 is 9.59 Å². The van der Waals surface area contributed by atoms with Gasteiger partial charge in [0.25, 0.3) is 5.91 Å². The molecule has 0 aromatic heterocycles. The second kappa shape index (κ2) is 8.32. The van der Waals surface area contributed by atoms with E-state index < -0.39 is 0 Å². The van der Waals surface area contributed by atoms with Crippen molar-refractivity contribution in [1.29, 1.82) is 0 Å². The van der Waals surface area contributed by atoms with E-state index in [9.17, 15) is 9.59 Å². The Kier molecular flexibility index (Phi) is 6.08. The lowest BCUT2D eigenvalue weighted by Gasteiger charge is -2.25. The Bertz CT molecular complexity index is 693. The number of amides is 3. The second-order valence-corrected chi connectivity index (χ2v) is 9.04. The van der Waals surface area contributed by atoms with E-state index in [0.717, 1.165) is 24.8 Å². The Morgan fingerprint density at radius 2 is 1.59 bits per heavy atom. The molecule has 27 heavy (non-hydrogen) atoms. The van der Waals surface area contributed by atoms with Gasteiger partial charge in [-0.05, 0) is 60.8 Å². The van der Waals surface area contributed by atoms with Gasteiger partial charge in [-0.2, -0.15) is 0 Å². The van der Waals surface area contributed by atoms with Crippen molar-refractivity contribution in [2.75, 3.05) is 32.7 Å². The van der Waals surface area contributed by atoms with Crippen molar-refractivity contribution in [2.45, 2.75) is 52.9 Å². The number of nitrogens with one attached hydrogen (secondary N) is 1. The summed E-state index contributed by atoms with van der Waals surface area (Å²) in [5.41, 5.74) is 3.59. The second-order valence-electron chi connectivity index (χ2n) is 9.04. The van der Waals surface area contributed by atoms with Crippen molar-refractivity contribution in [2.24, 2.45) is 5.41 Å². The average Bonchev–Trinajstić information content (AvgIpc) is 2.91. The van der Waals surface area contributed by atoms with Gasteiger partial charge < -0.3 is 15.1 Å². The summed E-state index contributed by atoms with van der Waals surface area (Å²) in [5.74, 6) is 0.0975. The van der Waals surface area contributed by atoms with Crippen LogP contribution in [0.2, 0.25) is 0 Å². The third kappa shape index (κ3) is 5.24. The zero-order valence-electron chi connectivity index (χ0n) is 17.0. The molecule has 5 nitrogen and oxygen atoms in total. The summed E-state index contributed by atoms with van der Waals surface area (Å²) in [6.07, 6.45) is 5.50. The highest BCUT2D eigenvalue weighted by atomic mass is 16.2. The minimum atomic E-state index is -0.0204. The Hall–Kier alpha value is -2.04. The first-order chi connectivity index (χ1) is 12.8. The minimum Gasteiger partial charge on any atom is -0.337 e. The molecule has 3 rings (SSSR count). The van der Waals surface area contributed by atoms with Crippen molar-refractivity contribution in [3.05, 3.63) is 34.9 Å². The highest BCUT2D eigenvalue weighted by Gasteiger charge is 2.24. The maximum atomic E-state index is 13.0. The molecule has 0 bridgehead atoms. The Morgan fingerprint density at radius 3 is 2.33 bits per heavy atom. The van der Waals surface area contributed by atoms with Gasteiger partial charge in [-0.3, -0.25) is 4.79 Å². The monoisotopic (exact) mass is 371 g/mol. The van der Waals surface area contributed by atoms with E-state index in [2.05, 4.69) is 38.2 Å². The summed E-state index contributed by atoms with van der Waals surface area (Å²) >= 11 is 0. The van der Waals surface area contributed by atoms with Crippen LogP contribution in [0.1, 0.15) is 61.5 Å². The number of carbonyl (C=O) groups excluding carboxylic acids is 2. The lowest BCUT2D eigenvalue weighted by molar-refractivity contribution is 0.0762. The van der Waals surface area contributed by atoms with Crippen LogP contribution in [0.4, 0.5) is 4.79 Å². The molecule has 1 saturated heterocycles. The molecule has 1 heterocycles. The van der Waals surface area contributed by atoms with Crippen LogP contribution >= 0.6 is 0 Å². The average molecular weight is 372 g/mol. The number of nitrogens with zero attached hydrogens (tertiary/aromatic N) is 2. The fraction of sp³-hybridized carbons (Fsp3) is 0.636. The molecule has 5 heteroatoms. The number of aryl methyl sites for hydroxylation is 2. The lowest BCUT2D eigenvalue weighted by Crippen LogP contribution is -2.44. The standard InChI is InChI=1S/C22H33N3O2/c1-22(2,3)16-23-21(27)25-12-6-11-24(13-14-25)20(26)19-10-9-17-7-4-5-8-18(17)15-19/h9-10,15H,4-8,11-14,16H2,1-3H3,(H,23,27). The Labute approximate surface area is 163 Å². The molecule has 1 aliphatic heterocycles. The number of hydrogen-bond donors (Lipinski definition) is 1. The maximum Gasteiger partial charge on any atom is 0.317 e. The van der Waals surface area contributed by atoms with Crippen molar-refractivity contribution >= 4 is 11.9 Å².